The molecule has 0 aliphatic heterocycles. The van der Waals surface area contributed by atoms with E-state index in [0.717, 1.165) is 5.92 Å². The predicted molar refractivity (Wildman–Crippen MR) is 264 cm³/mol. The fraction of sp³-hybridized carbons (Fsp3) is 0.925. The molecule has 1 unspecified atom stereocenters. The Labute approximate surface area is 354 Å². The Morgan fingerprint density at radius 1 is 0.291 bits per heavy atom. The summed E-state index contributed by atoms with van der Waals surface area (Å²) >= 11 is 0. The molecular weight excluding hydrogens is 665 g/mol. The van der Waals surface area contributed by atoms with Crippen LogP contribution in [0, 0.1) is 5.92 Å². The van der Waals surface area contributed by atoms with Gasteiger partial charge in [0.15, 0.2) is 0 Å². The van der Waals surface area contributed by atoms with Crippen molar-refractivity contribution in [1.29, 1.82) is 0 Å². The maximum Gasteiger partial charge on any atom is -0.00187 e. The lowest BCUT2D eigenvalue weighted by molar-refractivity contribution is 0.254. The van der Waals surface area contributed by atoms with E-state index >= 15 is 0 Å². The van der Waals surface area contributed by atoms with Crippen LogP contribution >= 0.6 is 0 Å². The maximum atomic E-state index is 4.50. The smallest absolute Gasteiger partial charge is 0.00187 e. The van der Waals surface area contributed by atoms with Crippen molar-refractivity contribution in [3.05, 3.63) is 26.3 Å². The number of rotatable bonds is 38. The van der Waals surface area contributed by atoms with Gasteiger partial charge in [-0.2, -0.15) is 0 Å². The Balaban J connectivity index is -0.000000163. The van der Waals surface area contributed by atoms with E-state index in [1.807, 2.05) is 0 Å². The molecule has 338 valence electrons. The fourth-order valence-corrected chi connectivity index (χ4v) is 6.87. The summed E-state index contributed by atoms with van der Waals surface area (Å²) < 4.78 is 0. The van der Waals surface area contributed by atoms with Crippen molar-refractivity contribution in [3.63, 3.8) is 0 Å². The molecule has 0 aliphatic rings. The molecule has 2 N–H and O–H groups in total. The second-order valence-electron chi connectivity index (χ2n) is 16.1. The lowest BCUT2D eigenvalue weighted by Gasteiger charge is -2.22. The van der Waals surface area contributed by atoms with Gasteiger partial charge in [-0.25, -0.2) is 0 Å². The summed E-state index contributed by atoms with van der Waals surface area (Å²) in [6.07, 6.45) is 51.5. The highest BCUT2D eigenvalue weighted by Crippen LogP contribution is 2.18. The summed E-state index contributed by atoms with van der Waals surface area (Å²) in [7, 11) is 1.50. The monoisotopic (exact) mass is 781 g/mol. The number of nitrogens with two attached hydrogens (primary N) is 1. The van der Waals surface area contributed by atoms with Gasteiger partial charge in [-0.15, -0.1) is 26.3 Å². The van der Waals surface area contributed by atoms with Crippen LogP contribution in [0.25, 0.3) is 0 Å². The van der Waals surface area contributed by atoms with E-state index in [4.69, 9.17) is 0 Å². The minimum absolute atomic E-state index is 0.975. The molecule has 0 aromatic heterocycles. The third-order valence-corrected chi connectivity index (χ3v) is 10.5. The lowest BCUT2D eigenvalue weighted by atomic mass is 9.96. The van der Waals surface area contributed by atoms with Crippen molar-refractivity contribution in [2.75, 3.05) is 26.7 Å². The second kappa shape index (κ2) is 74.4. The van der Waals surface area contributed by atoms with Crippen molar-refractivity contribution in [1.82, 2.24) is 4.90 Å². The van der Waals surface area contributed by atoms with Crippen LogP contribution in [-0.2, 0) is 0 Å². The third kappa shape index (κ3) is 78.5. The van der Waals surface area contributed by atoms with Crippen LogP contribution in [0.1, 0.15) is 287 Å². The van der Waals surface area contributed by atoms with E-state index in [2.05, 4.69) is 92.3 Å². The summed E-state index contributed by atoms with van der Waals surface area (Å²) in [5.74, 6) is 0.975. The second-order valence-corrected chi connectivity index (χ2v) is 16.1. The van der Waals surface area contributed by atoms with Crippen LogP contribution in [0.4, 0.5) is 0 Å². The molecule has 0 saturated carbocycles. The molecule has 0 heterocycles. The number of hydrogen-bond donors (Lipinski definition) is 1. The summed E-state index contributed by atoms with van der Waals surface area (Å²) in [5, 5.41) is 0. The molecule has 0 aromatic carbocycles. The molecule has 0 aromatic rings. The molecule has 0 aliphatic carbocycles. The standard InChI is InChI=1S/C22H47N.C16H34.C10H22.2C2H4.CH5N/c1-4-7-10-13-15-18-21-23(20-17-12-9-6-3)22-19-16-14-11-8-5-2;1-4-6-8-10-11-13-15-16(3)14-12-9-7-5-2;1-3-5-7-9-10-8-6-4-2;3*1-2/h4-22H2,1-3H3;16H,4-15H2,1-3H3;3-10H2,1-2H3;2*1-2H2;2H2,1H3. The normalized spacial score (nSPS) is 10.7. The maximum absolute atomic E-state index is 4.50. The van der Waals surface area contributed by atoms with Crippen LogP contribution in [0.15, 0.2) is 26.3 Å². The van der Waals surface area contributed by atoms with Gasteiger partial charge in [0.05, 0.1) is 0 Å². The minimum atomic E-state index is 0.975. The topological polar surface area (TPSA) is 29.3 Å². The van der Waals surface area contributed by atoms with Gasteiger partial charge in [0, 0.05) is 0 Å². The minimum Gasteiger partial charge on any atom is -0.333 e. The van der Waals surface area contributed by atoms with E-state index in [0.29, 0.717) is 0 Å². The fourth-order valence-electron chi connectivity index (χ4n) is 6.87. The lowest BCUT2D eigenvalue weighted by Crippen LogP contribution is -2.27. The Morgan fingerprint density at radius 3 is 0.691 bits per heavy atom. The van der Waals surface area contributed by atoms with Crippen LogP contribution < -0.4 is 5.73 Å². The zero-order valence-corrected chi connectivity index (χ0v) is 41.0. The zero-order valence-electron chi connectivity index (χ0n) is 41.0. The average molecular weight is 782 g/mol. The van der Waals surface area contributed by atoms with Gasteiger partial charge in [-0.3, -0.25) is 0 Å². The molecule has 1 atom stereocenters. The van der Waals surface area contributed by atoms with Gasteiger partial charge < -0.3 is 10.6 Å². The number of unbranched alkanes of at least 4 members (excludes halogenated alkanes) is 28. The summed E-state index contributed by atoms with van der Waals surface area (Å²) in [6, 6.07) is 0. The molecule has 55 heavy (non-hydrogen) atoms. The van der Waals surface area contributed by atoms with Crippen molar-refractivity contribution in [2.24, 2.45) is 11.7 Å². The van der Waals surface area contributed by atoms with Crippen LogP contribution in [0.5, 0.6) is 0 Å². The average Bonchev–Trinajstić information content (AvgIpc) is 3.23. The van der Waals surface area contributed by atoms with Crippen LogP contribution in [0.2, 0.25) is 0 Å². The first-order chi connectivity index (χ1) is 27.1. The van der Waals surface area contributed by atoms with Gasteiger partial charge in [0.2, 0.25) is 0 Å². The van der Waals surface area contributed by atoms with Crippen molar-refractivity contribution in [2.45, 2.75) is 287 Å². The molecule has 0 radical (unpaired) electrons. The molecule has 0 fully saturated rings. The highest BCUT2D eigenvalue weighted by molar-refractivity contribution is 4.60. The summed E-state index contributed by atoms with van der Waals surface area (Å²) in [4.78, 5) is 2.77. The van der Waals surface area contributed by atoms with Gasteiger partial charge in [-0.05, 0) is 51.9 Å². The van der Waals surface area contributed by atoms with E-state index < -0.39 is 0 Å². The Morgan fingerprint density at radius 2 is 0.455 bits per heavy atom. The highest BCUT2D eigenvalue weighted by atomic mass is 15.1. The summed E-state index contributed by atoms with van der Waals surface area (Å²) in [5.41, 5.74) is 4.50. The van der Waals surface area contributed by atoms with Gasteiger partial charge in [-0.1, -0.05) is 267 Å². The summed E-state index contributed by atoms with van der Waals surface area (Å²) in [6.45, 7) is 34.5. The molecule has 2 nitrogen and oxygen atoms in total. The van der Waals surface area contributed by atoms with E-state index in [1.54, 1.807) is 0 Å². The number of nitrogens with zero attached hydrogens (tertiary/aromatic N) is 1. The van der Waals surface area contributed by atoms with E-state index in [-0.39, 0.29) is 0 Å². The van der Waals surface area contributed by atoms with Crippen molar-refractivity contribution < 1.29 is 0 Å². The van der Waals surface area contributed by atoms with E-state index in [1.165, 1.54) is 258 Å². The first-order valence-electron chi connectivity index (χ1n) is 25.4. The highest BCUT2D eigenvalue weighted by Gasteiger charge is 2.05. The molecular formula is C53H116N2. The molecule has 0 spiro atoms. The zero-order chi connectivity index (χ0) is 42.7. The largest absolute Gasteiger partial charge is 0.333 e. The Bertz CT molecular complexity index is 509. The van der Waals surface area contributed by atoms with E-state index in [9.17, 15) is 0 Å². The van der Waals surface area contributed by atoms with Gasteiger partial charge in [0.25, 0.3) is 0 Å². The van der Waals surface area contributed by atoms with Gasteiger partial charge >= 0.3 is 0 Å². The van der Waals surface area contributed by atoms with Crippen molar-refractivity contribution >= 4 is 0 Å². The van der Waals surface area contributed by atoms with Crippen molar-refractivity contribution in [3.8, 4) is 0 Å². The quantitative estimate of drug-likeness (QED) is 0.0499. The molecule has 0 bridgehead atoms. The van der Waals surface area contributed by atoms with Gasteiger partial charge in [0.1, 0.15) is 0 Å². The van der Waals surface area contributed by atoms with Crippen LogP contribution in [-0.4, -0.2) is 31.6 Å². The Kier molecular flexibility index (Phi) is 89.6. The Hall–Kier alpha value is -0.600. The number of hydrogen-bond acceptors (Lipinski definition) is 2. The van der Waals surface area contributed by atoms with Crippen LogP contribution in [0.3, 0.4) is 0 Å². The molecule has 0 saturated heterocycles. The third-order valence-electron chi connectivity index (χ3n) is 10.5. The predicted octanol–water partition coefficient (Wildman–Crippen LogP) is 19.3. The molecule has 0 rings (SSSR count). The molecule has 2 heteroatoms. The molecule has 0 amide bonds. The first kappa shape index (κ1) is 66.2. The first-order valence-corrected chi connectivity index (χ1v) is 25.4. The SMILES string of the molecule is C=C.C=C.CCCCCCCCC(C)CCCCCC.CCCCCCCCCC.CCCCCCCCN(CCCCCC)CCCCCCCC.CN.